The van der Waals surface area contributed by atoms with E-state index < -0.39 is 16.0 Å². The first kappa shape index (κ1) is 15.4. The monoisotopic (exact) mass is 362 g/mol. The van der Waals surface area contributed by atoms with Crippen molar-refractivity contribution in [1.29, 1.82) is 0 Å². The average Bonchev–Trinajstić information content (AvgIpc) is 2.39. The molecule has 8 heteroatoms. The predicted molar refractivity (Wildman–Crippen MR) is 77.1 cm³/mol. The van der Waals surface area contributed by atoms with Crippen LogP contribution in [0.15, 0.2) is 27.6 Å². The topological polar surface area (TPSA) is 101 Å². The van der Waals surface area contributed by atoms with Crippen molar-refractivity contribution in [3.8, 4) is 0 Å². The van der Waals surface area contributed by atoms with Crippen LogP contribution in [0.2, 0.25) is 0 Å². The summed E-state index contributed by atoms with van der Waals surface area (Å²) in [5.74, 6) is -1.16. The molecule has 0 unspecified atom stereocenters. The number of benzene rings is 1. The molecular weight excluding hydrogens is 348 g/mol. The highest BCUT2D eigenvalue weighted by Crippen LogP contribution is 2.28. The van der Waals surface area contributed by atoms with Gasteiger partial charge in [0.2, 0.25) is 10.0 Å². The van der Waals surface area contributed by atoms with Gasteiger partial charge in [-0.2, -0.15) is 4.31 Å². The predicted octanol–water partition coefficient (Wildman–Crippen LogP) is 1.26. The van der Waals surface area contributed by atoms with Gasteiger partial charge in [0, 0.05) is 23.6 Å². The molecule has 0 radical (unpaired) electrons. The van der Waals surface area contributed by atoms with Crippen LogP contribution in [0, 0.1) is 0 Å². The summed E-state index contributed by atoms with van der Waals surface area (Å²) in [5, 5.41) is 8.97. The smallest absolute Gasteiger partial charge is 0.335 e. The van der Waals surface area contributed by atoms with Crippen LogP contribution in [0.4, 0.5) is 0 Å². The summed E-state index contributed by atoms with van der Waals surface area (Å²) in [6.45, 7) is 0.709. The number of carbonyl (C=O) groups is 1. The molecule has 0 bridgehead atoms. The molecule has 0 spiro atoms. The molecular formula is C12H15BrN2O4S. The molecule has 0 aromatic heterocycles. The van der Waals surface area contributed by atoms with Gasteiger partial charge in [-0.1, -0.05) is 0 Å². The van der Waals surface area contributed by atoms with Gasteiger partial charge >= 0.3 is 5.97 Å². The second-order valence-electron chi connectivity index (χ2n) is 4.69. The normalized spacial score (nSPS) is 18.1. The summed E-state index contributed by atoms with van der Waals surface area (Å²) in [7, 11) is -3.70. The van der Waals surface area contributed by atoms with Crippen molar-refractivity contribution in [1.82, 2.24) is 4.31 Å². The average molecular weight is 363 g/mol. The van der Waals surface area contributed by atoms with Crippen molar-refractivity contribution in [3.05, 3.63) is 28.2 Å². The lowest BCUT2D eigenvalue weighted by Crippen LogP contribution is -2.42. The Labute approximate surface area is 125 Å². The molecule has 6 nitrogen and oxygen atoms in total. The minimum Gasteiger partial charge on any atom is -0.478 e. The van der Waals surface area contributed by atoms with Crippen LogP contribution in [0.3, 0.4) is 0 Å². The minimum absolute atomic E-state index is 0.0205. The molecule has 0 saturated carbocycles. The van der Waals surface area contributed by atoms with E-state index in [2.05, 4.69) is 15.9 Å². The molecule has 110 valence electrons. The summed E-state index contributed by atoms with van der Waals surface area (Å²) in [6, 6.07) is 4.00. The highest BCUT2D eigenvalue weighted by atomic mass is 79.9. The number of hydrogen-bond donors (Lipinski definition) is 2. The lowest BCUT2D eigenvalue weighted by molar-refractivity contribution is 0.0696. The number of nitrogens with two attached hydrogens (primary N) is 1. The number of hydrogen-bond acceptors (Lipinski definition) is 4. The maximum absolute atomic E-state index is 12.6. The van der Waals surface area contributed by atoms with Gasteiger partial charge in [0.05, 0.1) is 10.5 Å². The third-order valence-electron chi connectivity index (χ3n) is 3.29. The van der Waals surface area contributed by atoms with Gasteiger partial charge < -0.3 is 10.8 Å². The van der Waals surface area contributed by atoms with E-state index in [1.54, 1.807) is 0 Å². The van der Waals surface area contributed by atoms with Gasteiger partial charge in [0.25, 0.3) is 0 Å². The third-order valence-corrected chi connectivity index (χ3v) is 6.19. The van der Waals surface area contributed by atoms with Crippen LogP contribution in [0.25, 0.3) is 0 Å². The molecule has 1 heterocycles. The second kappa shape index (κ2) is 5.80. The maximum atomic E-state index is 12.6. The minimum atomic E-state index is -3.70. The fourth-order valence-corrected chi connectivity index (χ4v) is 4.51. The van der Waals surface area contributed by atoms with Crippen LogP contribution >= 0.6 is 15.9 Å². The Bertz CT molecular complexity index is 624. The molecule has 0 atom stereocenters. The van der Waals surface area contributed by atoms with Gasteiger partial charge in [-0.3, -0.25) is 0 Å². The first-order chi connectivity index (χ1) is 9.32. The van der Waals surface area contributed by atoms with Crippen LogP contribution in [-0.2, 0) is 10.0 Å². The van der Waals surface area contributed by atoms with Crippen molar-refractivity contribution in [2.75, 3.05) is 13.1 Å². The zero-order chi connectivity index (χ0) is 14.9. The fourth-order valence-electron chi connectivity index (χ4n) is 2.09. The summed E-state index contributed by atoms with van der Waals surface area (Å²) < 4.78 is 26.8. The number of carboxylic acids is 1. The van der Waals surface area contributed by atoms with Crippen LogP contribution in [-0.4, -0.2) is 42.9 Å². The first-order valence-electron chi connectivity index (χ1n) is 6.11. The van der Waals surface area contributed by atoms with Gasteiger partial charge in [0.1, 0.15) is 0 Å². The second-order valence-corrected chi connectivity index (χ2v) is 7.45. The lowest BCUT2D eigenvalue weighted by Gasteiger charge is -2.29. The first-order valence-corrected chi connectivity index (χ1v) is 8.34. The molecule has 20 heavy (non-hydrogen) atoms. The molecule has 1 saturated heterocycles. The number of nitrogens with zero attached hydrogens (tertiary/aromatic N) is 1. The fraction of sp³-hybridized carbons (Fsp3) is 0.417. The Morgan fingerprint density at radius 1 is 1.35 bits per heavy atom. The van der Waals surface area contributed by atoms with Crippen molar-refractivity contribution in [2.45, 2.75) is 23.8 Å². The molecule has 0 aliphatic carbocycles. The number of carboxylic acid groups (broad SMARTS) is 1. The molecule has 2 rings (SSSR count). The van der Waals surface area contributed by atoms with Crippen LogP contribution in [0.5, 0.6) is 0 Å². The van der Waals surface area contributed by atoms with E-state index in [0.717, 1.165) is 0 Å². The zero-order valence-corrected chi connectivity index (χ0v) is 13.0. The number of sulfonamides is 1. The van der Waals surface area contributed by atoms with E-state index >= 15 is 0 Å². The Hall–Kier alpha value is -0.960. The van der Waals surface area contributed by atoms with Crippen molar-refractivity contribution in [2.24, 2.45) is 5.73 Å². The number of piperidine rings is 1. The standard InChI is InChI=1S/C12H15BrN2O4S/c13-10-2-1-8(12(16)17)7-11(10)20(18,19)15-5-3-9(14)4-6-15/h1-2,7,9H,3-6,14H2,(H,16,17). The van der Waals surface area contributed by atoms with Crippen LogP contribution in [0.1, 0.15) is 23.2 Å². The summed E-state index contributed by atoms with van der Waals surface area (Å²) in [6.07, 6.45) is 1.21. The van der Waals surface area contributed by atoms with E-state index in [9.17, 15) is 13.2 Å². The van der Waals surface area contributed by atoms with Gasteiger partial charge in [-0.25, -0.2) is 13.2 Å². The lowest BCUT2D eigenvalue weighted by atomic mass is 10.1. The van der Waals surface area contributed by atoms with E-state index in [1.807, 2.05) is 0 Å². The molecule has 1 fully saturated rings. The van der Waals surface area contributed by atoms with E-state index in [1.165, 1.54) is 22.5 Å². The summed E-state index contributed by atoms with van der Waals surface area (Å²) in [4.78, 5) is 10.9. The SMILES string of the molecule is NC1CCN(S(=O)(=O)c2cc(C(=O)O)ccc2Br)CC1. The molecule has 1 aliphatic heterocycles. The quantitative estimate of drug-likeness (QED) is 0.842. The van der Waals surface area contributed by atoms with Crippen molar-refractivity contribution in [3.63, 3.8) is 0 Å². The van der Waals surface area contributed by atoms with E-state index in [-0.39, 0.29) is 16.5 Å². The molecule has 0 amide bonds. The Balaban J connectivity index is 2.38. The van der Waals surface area contributed by atoms with Crippen LogP contribution < -0.4 is 5.73 Å². The summed E-state index contributed by atoms with van der Waals surface area (Å²) in [5.41, 5.74) is 5.71. The number of rotatable bonds is 3. The highest BCUT2D eigenvalue weighted by molar-refractivity contribution is 9.10. The maximum Gasteiger partial charge on any atom is 0.335 e. The molecule has 3 N–H and O–H groups in total. The Kier molecular flexibility index (Phi) is 4.48. The van der Waals surface area contributed by atoms with Gasteiger partial charge in [0.15, 0.2) is 0 Å². The third kappa shape index (κ3) is 3.03. The molecule has 1 aliphatic rings. The van der Waals surface area contributed by atoms with E-state index in [0.29, 0.717) is 30.4 Å². The Morgan fingerprint density at radius 3 is 2.50 bits per heavy atom. The van der Waals surface area contributed by atoms with Gasteiger partial charge in [-0.15, -0.1) is 0 Å². The number of aromatic carboxylic acids is 1. The van der Waals surface area contributed by atoms with Gasteiger partial charge in [-0.05, 0) is 47.0 Å². The largest absolute Gasteiger partial charge is 0.478 e. The number of halogens is 1. The summed E-state index contributed by atoms with van der Waals surface area (Å²) >= 11 is 3.17. The molecule has 1 aromatic rings. The van der Waals surface area contributed by atoms with E-state index in [4.69, 9.17) is 10.8 Å². The van der Waals surface area contributed by atoms with Crippen molar-refractivity contribution < 1.29 is 18.3 Å². The van der Waals surface area contributed by atoms with Crippen molar-refractivity contribution >= 4 is 31.9 Å². The zero-order valence-electron chi connectivity index (χ0n) is 10.6. The highest BCUT2D eigenvalue weighted by Gasteiger charge is 2.30. The Morgan fingerprint density at radius 2 is 1.95 bits per heavy atom. The molecule has 1 aromatic carbocycles.